The Labute approximate surface area is 162 Å². The third-order valence-electron chi connectivity index (χ3n) is 4.67. The van der Waals surface area contributed by atoms with Crippen LogP contribution in [0.1, 0.15) is 56.5 Å². The van der Waals surface area contributed by atoms with Gasteiger partial charge in [0, 0.05) is 30.6 Å². The van der Waals surface area contributed by atoms with Crippen LogP contribution in [-0.4, -0.2) is 36.2 Å². The van der Waals surface area contributed by atoms with Crippen LogP contribution in [0.4, 0.5) is 4.79 Å². The van der Waals surface area contributed by atoms with Gasteiger partial charge < -0.3 is 15.0 Å². The second-order valence-corrected chi connectivity index (χ2v) is 10.9. The summed E-state index contributed by atoms with van der Waals surface area (Å²) in [6, 6.07) is 2.84. The third kappa shape index (κ3) is 4.64. The summed E-state index contributed by atoms with van der Waals surface area (Å²) in [7, 11) is 0. The lowest BCUT2D eigenvalue weighted by Crippen LogP contribution is -2.36. The van der Waals surface area contributed by atoms with Crippen LogP contribution < -0.4 is 5.32 Å². The van der Waals surface area contributed by atoms with Gasteiger partial charge in [0.25, 0.3) is 0 Å². The van der Waals surface area contributed by atoms with Gasteiger partial charge >= 0.3 is 6.09 Å². The Balaban J connectivity index is 1.49. The number of amides is 1. The normalized spacial score (nSPS) is 24.1. The highest BCUT2D eigenvalue weighted by Gasteiger charge is 2.30. The summed E-state index contributed by atoms with van der Waals surface area (Å²) < 4.78 is 6.87. The molecule has 3 rings (SSSR count). The zero-order valence-electron chi connectivity index (χ0n) is 14.7. The molecule has 0 spiro atoms. The van der Waals surface area contributed by atoms with Crippen LogP contribution in [0.25, 0.3) is 0 Å². The van der Waals surface area contributed by atoms with Crippen LogP contribution in [0, 0.1) is 8.80 Å². The molecule has 1 fully saturated rings. The smallest absolute Gasteiger partial charge is 0.410 e. The maximum absolute atomic E-state index is 12.2. The molecule has 0 bridgehead atoms. The lowest BCUT2D eigenvalue weighted by atomic mass is 9.93. The van der Waals surface area contributed by atoms with Gasteiger partial charge in [0.05, 0.1) is 2.88 Å². The maximum Gasteiger partial charge on any atom is 0.410 e. The Morgan fingerprint density at radius 1 is 1.46 bits per heavy atom. The topological polar surface area (TPSA) is 41.6 Å². The van der Waals surface area contributed by atoms with Gasteiger partial charge in [-0.3, -0.25) is 0 Å². The van der Waals surface area contributed by atoms with Gasteiger partial charge in [-0.15, -0.1) is 11.3 Å². The van der Waals surface area contributed by atoms with E-state index in [0.29, 0.717) is 12.0 Å². The average molecular weight is 462 g/mol. The molecule has 6 heteroatoms. The summed E-state index contributed by atoms with van der Waals surface area (Å²) in [4.78, 5) is 15.6. The molecule has 134 valence electrons. The molecule has 0 saturated carbocycles. The van der Waals surface area contributed by atoms with Gasteiger partial charge in [0.15, 0.2) is 0 Å². The number of carbonyl (C=O) groups is 1. The molecule has 1 aliphatic heterocycles. The van der Waals surface area contributed by atoms with E-state index in [1.54, 1.807) is 4.88 Å². The molecule has 0 aromatic carbocycles. The molecule has 2 aliphatic rings. The molecule has 1 aromatic rings. The monoisotopic (exact) mass is 462 g/mol. The van der Waals surface area contributed by atoms with E-state index in [1.165, 1.54) is 27.7 Å². The highest BCUT2D eigenvalue weighted by Crippen LogP contribution is 2.36. The molecule has 1 saturated heterocycles. The van der Waals surface area contributed by atoms with Crippen molar-refractivity contribution < 1.29 is 9.53 Å². The molecule has 2 heterocycles. The number of nitrogens with zero attached hydrogens (tertiary/aromatic N) is 1. The van der Waals surface area contributed by atoms with Crippen LogP contribution in [0.15, 0.2) is 6.07 Å². The number of hydrogen-bond acceptors (Lipinski definition) is 4. The summed E-state index contributed by atoms with van der Waals surface area (Å²) in [6.07, 6.45) is 4.62. The first kappa shape index (κ1) is 18.5. The van der Waals surface area contributed by atoms with Crippen molar-refractivity contribution in [2.75, 3.05) is 19.6 Å². The SMILES string of the molecule is CC(C)(C)OC(=O)N1CCC(CNC2CCCc3sc(I)cc32)C1. The van der Waals surface area contributed by atoms with Crippen LogP contribution in [0.3, 0.4) is 0 Å². The molecular weight excluding hydrogens is 435 g/mol. The van der Waals surface area contributed by atoms with E-state index in [9.17, 15) is 4.79 Å². The first-order valence-corrected chi connectivity index (χ1v) is 10.7. The number of rotatable bonds is 3. The minimum absolute atomic E-state index is 0.169. The van der Waals surface area contributed by atoms with Crippen LogP contribution in [0.5, 0.6) is 0 Å². The van der Waals surface area contributed by atoms with Crippen LogP contribution in [-0.2, 0) is 11.2 Å². The number of fused-ring (bicyclic) bond motifs is 1. The number of nitrogens with one attached hydrogen (secondary N) is 1. The van der Waals surface area contributed by atoms with E-state index in [-0.39, 0.29) is 6.09 Å². The van der Waals surface area contributed by atoms with Crippen molar-refractivity contribution in [3.8, 4) is 0 Å². The van der Waals surface area contributed by atoms with Crippen molar-refractivity contribution in [1.82, 2.24) is 10.2 Å². The second kappa shape index (κ2) is 7.50. The Morgan fingerprint density at radius 2 is 2.25 bits per heavy atom. The third-order valence-corrected chi connectivity index (χ3v) is 6.65. The van der Waals surface area contributed by atoms with E-state index in [2.05, 4.69) is 34.0 Å². The predicted molar refractivity (Wildman–Crippen MR) is 107 cm³/mol. The quantitative estimate of drug-likeness (QED) is 0.669. The number of thiophene rings is 1. The fourth-order valence-corrected chi connectivity index (χ4v) is 5.65. The standard InChI is InChI=1S/C18H27IN2O2S/c1-18(2,3)23-17(22)21-8-7-12(11-21)10-20-14-5-4-6-15-13(14)9-16(19)24-15/h9,12,14,20H,4-8,10-11H2,1-3H3. The number of likely N-dealkylation sites (tertiary alicyclic amines) is 1. The number of halogens is 1. The molecule has 1 aliphatic carbocycles. The Kier molecular flexibility index (Phi) is 5.76. The highest BCUT2D eigenvalue weighted by atomic mass is 127. The summed E-state index contributed by atoms with van der Waals surface area (Å²) in [5.41, 5.74) is 1.10. The second-order valence-electron chi connectivity index (χ2n) is 7.86. The Bertz CT molecular complexity index is 596. The van der Waals surface area contributed by atoms with Gasteiger partial charge in [-0.25, -0.2) is 4.79 Å². The van der Waals surface area contributed by atoms with Gasteiger partial charge in [0.1, 0.15) is 5.60 Å². The Morgan fingerprint density at radius 3 is 3.00 bits per heavy atom. The average Bonchev–Trinajstić information content (AvgIpc) is 3.08. The van der Waals surface area contributed by atoms with Crippen molar-refractivity contribution in [3.63, 3.8) is 0 Å². The molecule has 0 radical (unpaired) electrons. The fourth-order valence-electron chi connectivity index (χ4n) is 3.53. The first-order valence-electron chi connectivity index (χ1n) is 8.81. The van der Waals surface area contributed by atoms with Crippen molar-refractivity contribution in [2.45, 2.75) is 58.1 Å². The van der Waals surface area contributed by atoms with Gasteiger partial charge in [-0.1, -0.05) is 0 Å². The minimum Gasteiger partial charge on any atom is -0.444 e. The summed E-state index contributed by atoms with van der Waals surface area (Å²) in [6.45, 7) is 8.36. The first-order chi connectivity index (χ1) is 11.3. The van der Waals surface area contributed by atoms with E-state index in [4.69, 9.17) is 4.74 Å². The number of carbonyl (C=O) groups excluding carboxylic acids is 1. The molecule has 24 heavy (non-hydrogen) atoms. The molecule has 1 aromatic heterocycles. The van der Waals surface area contributed by atoms with E-state index >= 15 is 0 Å². The molecule has 1 N–H and O–H groups in total. The zero-order chi connectivity index (χ0) is 17.3. The lowest BCUT2D eigenvalue weighted by Gasteiger charge is -2.26. The van der Waals surface area contributed by atoms with Crippen LogP contribution in [0.2, 0.25) is 0 Å². The van der Waals surface area contributed by atoms with E-state index in [1.807, 2.05) is 37.0 Å². The minimum atomic E-state index is -0.415. The van der Waals surface area contributed by atoms with E-state index in [0.717, 1.165) is 26.1 Å². The highest BCUT2D eigenvalue weighted by molar-refractivity contribution is 14.1. The predicted octanol–water partition coefficient (Wildman–Crippen LogP) is 4.58. The molecule has 1 amide bonds. The fraction of sp³-hybridized carbons (Fsp3) is 0.722. The summed E-state index contributed by atoms with van der Waals surface area (Å²) in [5, 5.41) is 3.77. The number of hydrogen-bond donors (Lipinski definition) is 1. The number of ether oxygens (including phenoxy) is 1. The largest absolute Gasteiger partial charge is 0.444 e. The molecule has 2 unspecified atom stereocenters. The molecular formula is C18H27IN2O2S. The maximum atomic E-state index is 12.2. The van der Waals surface area contributed by atoms with Gasteiger partial charge in [0.2, 0.25) is 0 Å². The molecule has 2 atom stereocenters. The van der Waals surface area contributed by atoms with Gasteiger partial charge in [-0.2, -0.15) is 0 Å². The van der Waals surface area contributed by atoms with E-state index < -0.39 is 5.60 Å². The number of aryl methyl sites for hydroxylation is 1. The van der Waals surface area contributed by atoms with Crippen molar-refractivity contribution in [3.05, 3.63) is 19.4 Å². The van der Waals surface area contributed by atoms with Crippen molar-refractivity contribution in [1.29, 1.82) is 0 Å². The Hall–Kier alpha value is -0.340. The lowest BCUT2D eigenvalue weighted by molar-refractivity contribution is 0.0288. The zero-order valence-corrected chi connectivity index (χ0v) is 17.7. The van der Waals surface area contributed by atoms with Crippen LogP contribution >= 0.6 is 33.9 Å². The summed E-state index contributed by atoms with van der Waals surface area (Å²) >= 11 is 4.37. The van der Waals surface area contributed by atoms with Crippen molar-refractivity contribution in [2.24, 2.45) is 5.92 Å². The van der Waals surface area contributed by atoms with Crippen molar-refractivity contribution >= 4 is 40.0 Å². The summed E-state index contributed by atoms with van der Waals surface area (Å²) in [5.74, 6) is 0.528. The molecule has 4 nitrogen and oxygen atoms in total. The van der Waals surface area contributed by atoms with Gasteiger partial charge in [-0.05, 0) is 86.6 Å².